The quantitative estimate of drug-likeness (QED) is 0.545. The van der Waals surface area contributed by atoms with Crippen molar-refractivity contribution in [1.82, 2.24) is 14.1 Å². The Labute approximate surface area is 171 Å². The molecule has 0 amide bonds. The van der Waals surface area contributed by atoms with Gasteiger partial charge in [0.2, 0.25) is 0 Å². The molecule has 1 aliphatic rings. The summed E-state index contributed by atoms with van der Waals surface area (Å²) in [4.78, 5) is 32.1. The van der Waals surface area contributed by atoms with Crippen molar-refractivity contribution in [2.24, 2.45) is 0 Å². The number of H-pyrrole nitrogens is 1. The first kappa shape index (κ1) is 18.4. The third-order valence-electron chi connectivity index (χ3n) is 5.58. The first-order valence-corrected chi connectivity index (χ1v) is 10.8. The number of fused-ring (bicyclic) bond motifs is 4. The molecule has 1 aromatic carbocycles. The largest absolute Gasteiger partial charge is 0.389 e. The average molecular weight is 410 g/mol. The molecule has 0 bridgehead atoms. The van der Waals surface area contributed by atoms with Crippen molar-refractivity contribution >= 4 is 32.5 Å². The van der Waals surface area contributed by atoms with Crippen molar-refractivity contribution in [3.8, 4) is 5.69 Å². The Morgan fingerprint density at radius 2 is 1.97 bits per heavy atom. The zero-order valence-electron chi connectivity index (χ0n) is 16.5. The maximum Gasteiger partial charge on any atom is 0.336 e. The van der Waals surface area contributed by atoms with E-state index in [4.69, 9.17) is 0 Å². The normalized spacial score (nSPS) is 14.6. The lowest BCUT2D eigenvalue weighted by atomic mass is 9.97. The van der Waals surface area contributed by atoms with E-state index in [2.05, 4.69) is 4.98 Å². The van der Waals surface area contributed by atoms with E-state index in [1.54, 1.807) is 24.5 Å². The van der Waals surface area contributed by atoms with E-state index in [0.29, 0.717) is 15.9 Å². The number of hydrogen-bond acceptors (Lipinski definition) is 4. The van der Waals surface area contributed by atoms with Crippen LogP contribution in [0.3, 0.4) is 0 Å². The Hall–Kier alpha value is -2.64. The van der Waals surface area contributed by atoms with E-state index in [1.807, 2.05) is 24.4 Å². The molecular formula is C22H23N3O3S. The number of nitrogens with one attached hydrogen (secondary N) is 1. The van der Waals surface area contributed by atoms with E-state index in [1.165, 1.54) is 20.8 Å². The second-order valence-electron chi connectivity index (χ2n) is 8.46. The first-order valence-electron chi connectivity index (χ1n) is 9.93. The van der Waals surface area contributed by atoms with Crippen LogP contribution in [0, 0.1) is 0 Å². The maximum atomic E-state index is 13.6. The predicted octanol–water partition coefficient (Wildman–Crippen LogP) is 3.34. The number of rotatable bonds is 3. The van der Waals surface area contributed by atoms with Crippen molar-refractivity contribution in [3.63, 3.8) is 0 Å². The molecule has 0 atom stereocenters. The van der Waals surface area contributed by atoms with Crippen LogP contribution in [0.4, 0.5) is 0 Å². The summed E-state index contributed by atoms with van der Waals surface area (Å²) in [6.07, 6.45) is 5.80. The molecule has 3 heterocycles. The Morgan fingerprint density at radius 1 is 1.17 bits per heavy atom. The number of nitrogens with zero attached hydrogens (tertiary/aromatic N) is 2. The zero-order valence-corrected chi connectivity index (χ0v) is 17.3. The number of aromatic amines is 1. The first-order chi connectivity index (χ1) is 13.8. The number of aryl methyl sites for hydroxylation is 2. The highest BCUT2D eigenvalue weighted by atomic mass is 32.1. The van der Waals surface area contributed by atoms with Crippen molar-refractivity contribution < 1.29 is 5.11 Å². The minimum absolute atomic E-state index is 0.133. The van der Waals surface area contributed by atoms with Crippen LogP contribution in [0.25, 0.3) is 26.8 Å². The number of aromatic nitrogens is 3. The van der Waals surface area contributed by atoms with Crippen molar-refractivity contribution in [2.45, 2.75) is 51.7 Å². The van der Waals surface area contributed by atoms with Gasteiger partial charge in [-0.05, 0) is 69.4 Å². The summed E-state index contributed by atoms with van der Waals surface area (Å²) < 4.78 is 2.85. The summed E-state index contributed by atoms with van der Waals surface area (Å²) in [7, 11) is 0. The Morgan fingerprint density at radius 3 is 2.76 bits per heavy atom. The summed E-state index contributed by atoms with van der Waals surface area (Å²) in [6.45, 7) is 3.49. The SMILES string of the molecule is CC(C)(O)Cn1c(=O)n(-c2ccc3[nH]ccc3c2)c(=O)c2c3c(sc21)CCCC3. The highest BCUT2D eigenvalue weighted by Crippen LogP contribution is 2.34. The molecule has 3 aromatic heterocycles. The molecule has 0 radical (unpaired) electrons. The summed E-state index contributed by atoms with van der Waals surface area (Å²) in [6, 6.07) is 7.45. The van der Waals surface area contributed by atoms with E-state index < -0.39 is 11.3 Å². The molecule has 0 saturated carbocycles. The monoisotopic (exact) mass is 409 g/mol. The summed E-state index contributed by atoms with van der Waals surface area (Å²) in [5, 5.41) is 12.0. The fourth-order valence-electron chi connectivity index (χ4n) is 4.30. The van der Waals surface area contributed by atoms with Crippen molar-refractivity contribution in [3.05, 3.63) is 61.7 Å². The zero-order chi connectivity index (χ0) is 20.3. The molecule has 150 valence electrons. The van der Waals surface area contributed by atoms with Crippen molar-refractivity contribution in [1.29, 1.82) is 0 Å². The van der Waals surface area contributed by atoms with Crippen LogP contribution < -0.4 is 11.2 Å². The lowest BCUT2D eigenvalue weighted by molar-refractivity contribution is 0.0613. The van der Waals surface area contributed by atoms with Gasteiger partial charge in [-0.15, -0.1) is 11.3 Å². The fourth-order valence-corrected chi connectivity index (χ4v) is 5.67. The van der Waals surface area contributed by atoms with E-state index >= 15 is 0 Å². The van der Waals surface area contributed by atoms with Gasteiger partial charge in [0.05, 0.1) is 23.2 Å². The van der Waals surface area contributed by atoms with Gasteiger partial charge in [0.1, 0.15) is 4.83 Å². The molecule has 0 spiro atoms. The van der Waals surface area contributed by atoms with Crippen LogP contribution in [-0.4, -0.2) is 24.8 Å². The summed E-state index contributed by atoms with van der Waals surface area (Å²) in [5.74, 6) is 0. The van der Waals surface area contributed by atoms with Gasteiger partial charge in [0.15, 0.2) is 0 Å². The van der Waals surface area contributed by atoms with Crippen molar-refractivity contribution in [2.75, 3.05) is 0 Å². The molecular weight excluding hydrogens is 386 g/mol. The molecule has 4 aromatic rings. The average Bonchev–Trinajstić information content (AvgIpc) is 3.28. The molecule has 0 aliphatic heterocycles. The topological polar surface area (TPSA) is 80.0 Å². The number of hydrogen-bond donors (Lipinski definition) is 2. The predicted molar refractivity (Wildman–Crippen MR) is 116 cm³/mol. The van der Waals surface area contributed by atoms with Crippen LogP contribution in [0.5, 0.6) is 0 Å². The smallest absolute Gasteiger partial charge is 0.336 e. The van der Waals surface area contributed by atoms with E-state index in [9.17, 15) is 14.7 Å². The second-order valence-corrected chi connectivity index (χ2v) is 9.55. The molecule has 1 aliphatic carbocycles. The van der Waals surface area contributed by atoms with Gasteiger partial charge < -0.3 is 10.1 Å². The van der Waals surface area contributed by atoms with Gasteiger partial charge in [0.25, 0.3) is 5.56 Å². The third-order valence-corrected chi connectivity index (χ3v) is 6.89. The Kier molecular flexibility index (Phi) is 4.08. The molecule has 0 unspecified atom stereocenters. The molecule has 2 N–H and O–H groups in total. The van der Waals surface area contributed by atoms with E-state index in [-0.39, 0.29) is 12.1 Å². The fraction of sp³-hybridized carbons (Fsp3) is 0.364. The Bertz CT molecular complexity index is 1360. The van der Waals surface area contributed by atoms with Crippen LogP contribution in [0.15, 0.2) is 40.1 Å². The van der Waals surface area contributed by atoms with Gasteiger partial charge in [-0.3, -0.25) is 9.36 Å². The second kappa shape index (κ2) is 6.43. The van der Waals surface area contributed by atoms with Gasteiger partial charge in [-0.25, -0.2) is 9.36 Å². The Balaban J connectivity index is 1.88. The standard InChI is InChI=1S/C22H23N3O3S/c1-22(2,28)12-24-20-18(15-5-3-4-6-17(15)29-20)19(26)25(21(24)27)14-7-8-16-13(11-14)9-10-23-16/h7-11,23,28H,3-6,12H2,1-2H3. The minimum atomic E-state index is -1.08. The van der Waals surface area contributed by atoms with Gasteiger partial charge in [-0.1, -0.05) is 0 Å². The molecule has 5 rings (SSSR count). The van der Waals surface area contributed by atoms with Crippen LogP contribution in [0.1, 0.15) is 37.1 Å². The number of aliphatic hydroxyl groups is 1. The molecule has 0 saturated heterocycles. The van der Waals surface area contributed by atoms with Gasteiger partial charge >= 0.3 is 5.69 Å². The lowest BCUT2D eigenvalue weighted by Crippen LogP contribution is -2.42. The van der Waals surface area contributed by atoms with Crippen LogP contribution >= 0.6 is 11.3 Å². The molecule has 29 heavy (non-hydrogen) atoms. The summed E-state index contributed by atoms with van der Waals surface area (Å²) in [5.41, 5.74) is 0.849. The van der Waals surface area contributed by atoms with Gasteiger partial charge in [0, 0.05) is 22.0 Å². The molecule has 7 heteroatoms. The maximum absolute atomic E-state index is 13.6. The summed E-state index contributed by atoms with van der Waals surface area (Å²) >= 11 is 1.54. The van der Waals surface area contributed by atoms with Gasteiger partial charge in [-0.2, -0.15) is 0 Å². The lowest BCUT2D eigenvalue weighted by Gasteiger charge is -2.20. The highest BCUT2D eigenvalue weighted by Gasteiger charge is 2.26. The van der Waals surface area contributed by atoms with E-state index in [0.717, 1.165) is 42.1 Å². The minimum Gasteiger partial charge on any atom is -0.389 e. The number of thiophene rings is 1. The third kappa shape index (κ3) is 2.96. The molecule has 0 fully saturated rings. The molecule has 6 nitrogen and oxygen atoms in total. The van der Waals surface area contributed by atoms with Crippen LogP contribution in [-0.2, 0) is 19.4 Å². The van der Waals surface area contributed by atoms with Crippen LogP contribution in [0.2, 0.25) is 0 Å². The highest BCUT2D eigenvalue weighted by molar-refractivity contribution is 7.18. The number of benzene rings is 1.